The highest BCUT2D eigenvalue weighted by atomic mass is 16.2. The first-order valence-electron chi connectivity index (χ1n) is 9.54. The number of anilines is 1. The Morgan fingerprint density at radius 3 is 2.00 bits per heavy atom. The summed E-state index contributed by atoms with van der Waals surface area (Å²) in [7, 11) is 0. The van der Waals surface area contributed by atoms with E-state index in [1.54, 1.807) is 0 Å². The molecule has 1 aromatic carbocycles. The molecule has 2 bridgehead atoms. The molecule has 2 N–H and O–H groups in total. The van der Waals surface area contributed by atoms with Crippen LogP contribution in [0.2, 0.25) is 0 Å². The fourth-order valence-electron chi connectivity index (χ4n) is 4.68. The first kappa shape index (κ1) is 16.4. The lowest BCUT2D eigenvalue weighted by Gasteiger charge is -2.23. The smallest absolute Gasteiger partial charge is 0.253 e. The van der Waals surface area contributed by atoms with Crippen molar-refractivity contribution in [1.82, 2.24) is 4.90 Å². The van der Waals surface area contributed by atoms with Crippen molar-refractivity contribution in [3.63, 3.8) is 0 Å². The molecule has 1 unspecified atom stereocenters. The highest BCUT2D eigenvalue weighted by Crippen LogP contribution is 2.34. The molecule has 0 spiro atoms. The summed E-state index contributed by atoms with van der Waals surface area (Å²) in [5.41, 5.74) is 7.25. The van der Waals surface area contributed by atoms with E-state index in [-0.39, 0.29) is 17.7 Å². The molecule has 1 aromatic rings. The number of hydrogen-bond donors (Lipinski definition) is 1. The summed E-state index contributed by atoms with van der Waals surface area (Å²) in [6, 6.07) is 7.87. The fourth-order valence-corrected chi connectivity index (χ4v) is 4.68. The van der Waals surface area contributed by atoms with Crippen molar-refractivity contribution in [2.75, 3.05) is 31.1 Å². The molecule has 1 atom stereocenters. The van der Waals surface area contributed by atoms with Crippen LogP contribution >= 0.6 is 0 Å². The highest BCUT2D eigenvalue weighted by molar-refractivity contribution is 5.94. The zero-order valence-corrected chi connectivity index (χ0v) is 14.7. The van der Waals surface area contributed by atoms with Crippen LogP contribution < -0.4 is 10.6 Å². The number of primary amides is 1. The van der Waals surface area contributed by atoms with E-state index in [1.807, 2.05) is 24.3 Å². The number of carbonyl (C=O) groups is 2. The van der Waals surface area contributed by atoms with Gasteiger partial charge in [0.2, 0.25) is 5.91 Å². The number of hydrogen-bond acceptors (Lipinski definition) is 3. The van der Waals surface area contributed by atoms with E-state index in [0.717, 1.165) is 37.3 Å². The first-order chi connectivity index (χ1) is 12.1. The van der Waals surface area contributed by atoms with Crippen LogP contribution in [0.4, 0.5) is 5.69 Å². The molecule has 2 amide bonds. The lowest BCUT2D eigenvalue weighted by molar-refractivity contribution is -0.121. The predicted octanol–water partition coefficient (Wildman–Crippen LogP) is 2.26. The third kappa shape index (κ3) is 3.37. The van der Waals surface area contributed by atoms with Gasteiger partial charge in [-0.25, -0.2) is 0 Å². The van der Waals surface area contributed by atoms with E-state index in [4.69, 9.17) is 5.73 Å². The summed E-state index contributed by atoms with van der Waals surface area (Å²) in [4.78, 5) is 28.5. The number of nitrogens with two attached hydrogens (primary N) is 1. The fraction of sp³-hybridized carbons (Fsp3) is 0.600. The van der Waals surface area contributed by atoms with Gasteiger partial charge in [-0.1, -0.05) is 0 Å². The number of amides is 2. The summed E-state index contributed by atoms with van der Waals surface area (Å²) >= 11 is 0. The van der Waals surface area contributed by atoms with Crippen molar-refractivity contribution < 1.29 is 9.59 Å². The van der Waals surface area contributed by atoms with Crippen LogP contribution in [-0.4, -0.2) is 42.9 Å². The standard InChI is InChI=1S/C20H27N3O2/c21-19(24)17-9-10-22(13-17)18-7-5-16(6-8-18)20(25)23-11-14-1-2-15(12-23)4-3-14/h5-8,14-15,17H,1-4,9-13H2,(H2,21,24). The van der Waals surface area contributed by atoms with Gasteiger partial charge in [0.25, 0.3) is 5.91 Å². The molecule has 0 radical (unpaired) electrons. The molecular formula is C20H27N3O2. The van der Waals surface area contributed by atoms with Gasteiger partial charge in [0.15, 0.2) is 0 Å². The zero-order valence-electron chi connectivity index (χ0n) is 14.7. The Balaban J connectivity index is 1.43. The normalized spacial score (nSPS) is 28.9. The van der Waals surface area contributed by atoms with E-state index in [1.165, 1.54) is 25.7 Å². The molecule has 5 nitrogen and oxygen atoms in total. The van der Waals surface area contributed by atoms with Crippen molar-refractivity contribution in [1.29, 1.82) is 0 Å². The van der Waals surface area contributed by atoms with Gasteiger partial charge in [0.1, 0.15) is 0 Å². The highest BCUT2D eigenvalue weighted by Gasteiger charge is 2.32. The van der Waals surface area contributed by atoms with Crippen molar-refractivity contribution in [2.24, 2.45) is 23.5 Å². The molecule has 3 aliphatic heterocycles. The van der Waals surface area contributed by atoms with Gasteiger partial charge in [-0.2, -0.15) is 0 Å². The second-order valence-corrected chi connectivity index (χ2v) is 7.98. The van der Waals surface area contributed by atoms with Gasteiger partial charge in [-0.15, -0.1) is 0 Å². The van der Waals surface area contributed by atoms with Crippen LogP contribution in [0, 0.1) is 17.8 Å². The molecule has 1 aliphatic carbocycles. The van der Waals surface area contributed by atoms with E-state index >= 15 is 0 Å². The lowest BCUT2D eigenvalue weighted by Crippen LogP contribution is -2.34. The van der Waals surface area contributed by atoms with E-state index < -0.39 is 0 Å². The molecule has 134 valence electrons. The summed E-state index contributed by atoms with van der Waals surface area (Å²) in [6.07, 6.45) is 5.94. The lowest BCUT2D eigenvalue weighted by atomic mass is 9.84. The van der Waals surface area contributed by atoms with E-state index in [0.29, 0.717) is 18.4 Å². The van der Waals surface area contributed by atoms with Gasteiger partial charge in [0.05, 0.1) is 5.92 Å². The van der Waals surface area contributed by atoms with Gasteiger partial charge in [-0.05, 0) is 68.2 Å². The predicted molar refractivity (Wildman–Crippen MR) is 97.3 cm³/mol. The molecule has 4 fully saturated rings. The Morgan fingerprint density at radius 1 is 0.880 bits per heavy atom. The third-order valence-electron chi connectivity index (χ3n) is 6.28. The van der Waals surface area contributed by atoms with Crippen molar-refractivity contribution in [3.05, 3.63) is 29.8 Å². The van der Waals surface area contributed by atoms with Gasteiger partial charge >= 0.3 is 0 Å². The number of carbonyl (C=O) groups excluding carboxylic acids is 2. The maximum atomic E-state index is 12.9. The van der Waals surface area contributed by atoms with Crippen molar-refractivity contribution in [3.8, 4) is 0 Å². The molecule has 5 rings (SSSR count). The van der Waals surface area contributed by atoms with Crippen LogP contribution in [0.25, 0.3) is 0 Å². The molecule has 3 saturated heterocycles. The minimum atomic E-state index is -0.218. The Labute approximate surface area is 149 Å². The third-order valence-corrected chi connectivity index (χ3v) is 6.28. The summed E-state index contributed by atoms with van der Waals surface area (Å²) in [5.74, 6) is 1.27. The quantitative estimate of drug-likeness (QED) is 0.917. The second kappa shape index (κ2) is 6.70. The average molecular weight is 341 g/mol. The van der Waals surface area contributed by atoms with E-state index in [2.05, 4.69) is 9.80 Å². The van der Waals surface area contributed by atoms with Gasteiger partial charge in [-0.3, -0.25) is 9.59 Å². The van der Waals surface area contributed by atoms with Crippen LogP contribution in [0.3, 0.4) is 0 Å². The van der Waals surface area contributed by atoms with Gasteiger partial charge in [0, 0.05) is 37.4 Å². The van der Waals surface area contributed by atoms with E-state index in [9.17, 15) is 9.59 Å². The molecule has 25 heavy (non-hydrogen) atoms. The average Bonchev–Trinajstić information content (AvgIpc) is 2.94. The van der Waals surface area contributed by atoms with Crippen LogP contribution in [-0.2, 0) is 4.79 Å². The Hall–Kier alpha value is -2.04. The maximum absolute atomic E-state index is 12.9. The summed E-state index contributed by atoms with van der Waals surface area (Å²) in [5, 5.41) is 0. The van der Waals surface area contributed by atoms with Crippen molar-refractivity contribution in [2.45, 2.75) is 32.1 Å². The minimum Gasteiger partial charge on any atom is -0.371 e. The number of rotatable bonds is 3. The largest absolute Gasteiger partial charge is 0.371 e. The topological polar surface area (TPSA) is 66.6 Å². The molecular weight excluding hydrogens is 314 g/mol. The molecule has 3 heterocycles. The van der Waals surface area contributed by atoms with Crippen LogP contribution in [0.5, 0.6) is 0 Å². The van der Waals surface area contributed by atoms with Crippen LogP contribution in [0.1, 0.15) is 42.5 Å². The molecule has 4 aliphatic rings. The SMILES string of the molecule is NC(=O)C1CCN(c2ccc(C(=O)N3CC4CCC(CC4)C3)cc2)C1. The Kier molecular flexibility index (Phi) is 4.40. The number of fused-ring (bicyclic) bond motifs is 4. The van der Waals surface area contributed by atoms with Gasteiger partial charge < -0.3 is 15.5 Å². The minimum absolute atomic E-state index is 0.0612. The zero-order chi connectivity index (χ0) is 17.4. The molecule has 1 saturated carbocycles. The first-order valence-corrected chi connectivity index (χ1v) is 9.54. The summed E-state index contributed by atoms with van der Waals surface area (Å²) < 4.78 is 0. The van der Waals surface area contributed by atoms with Crippen molar-refractivity contribution >= 4 is 17.5 Å². The maximum Gasteiger partial charge on any atom is 0.253 e. The molecule has 5 heteroatoms. The Bertz CT molecular complexity index is 635. The second-order valence-electron chi connectivity index (χ2n) is 7.98. The van der Waals surface area contributed by atoms with Crippen LogP contribution in [0.15, 0.2) is 24.3 Å². The number of nitrogens with zero attached hydrogens (tertiary/aromatic N) is 2. The molecule has 0 aromatic heterocycles. The summed E-state index contributed by atoms with van der Waals surface area (Å²) in [6.45, 7) is 3.36. The monoisotopic (exact) mass is 341 g/mol. The number of benzene rings is 1. The Morgan fingerprint density at radius 2 is 1.48 bits per heavy atom.